The molecule has 0 radical (unpaired) electrons. The van der Waals surface area contributed by atoms with Crippen molar-refractivity contribution in [3.63, 3.8) is 0 Å². The lowest BCUT2D eigenvalue weighted by Gasteiger charge is -2.05. The van der Waals surface area contributed by atoms with E-state index in [0.29, 0.717) is 6.61 Å². The quantitative estimate of drug-likeness (QED) is 0.492. The molecule has 0 aliphatic heterocycles. The molecule has 0 heterocycles. The van der Waals surface area contributed by atoms with Crippen molar-refractivity contribution in [1.29, 1.82) is 0 Å². The average Bonchev–Trinajstić information content (AvgIpc) is 2.10. The largest absolute Gasteiger partial charge is 0.465 e. The Hall–Kier alpha value is -1.52. The predicted molar refractivity (Wildman–Crippen MR) is 46.4 cm³/mol. The highest BCUT2D eigenvalue weighted by atomic mass is 16.5. The van der Waals surface area contributed by atoms with Crippen molar-refractivity contribution >= 4 is 12.1 Å². The van der Waals surface area contributed by atoms with Crippen LogP contribution in [-0.2, 0) is 9.53 Å². The molecule has 0 atom stereocenters. The van der Waals surface area contributed by atoms with Crippen molar-refractivity contribution in [3.8, 4) is 0 Å². The number of ether oxygens (including phenoxy) is 1. The van der Waals surface area contributed by atoms with E-state index in [9.17, 15) is 9.59 Å². The van der Waals surface area contributed by atoms with Gasteiger partial charge in [-0.05, 0) is 6.42 Å². The first kappa shape index (κ1) is 11.5. The van der Waals surface area contributed by atoms with Gasteiger partial charge in [-0.1, -0.05) is 13.5 Å². The molecule has 0 saturated carbocycles. The molecule has 0 aliphatic rings. The number of rotatable bonds is 5. The fourth-order valence-corrected chi connectivity index (χ4v) is 0.551. The first-order valence-electron chi connectivity index (χ1n) is 3.89. The molecule has 0 aliphatic carbocycles. The van der Waals surface area contributed by atoms with E-state index in [1.807, 2.05) is 12.2 Å². The molecule has 0 saturated heterocycles. The van der Waals surface area contributed by atoms with E-state index in [4.69, 9.17) is 9.84 Å². The molecule has 0 unspecified atom stereocenters. The minimum Gasteiger partial charge on any atom is -0.465 e. The monoisotopic (exact) mass is 187 g/mol. The van der Waals surface area contributed by atoms with Gasteiger partial charge in [-0.25, -0.2) is 9.59 Å². The molecular formula is C8H13NO4. The number of carbonyl (C=O) groups excluding carboxylic acids is 1. The normalized spacial score (nSPS) is 9.00. The van der Waals surface area contributed by atoms with Crippen molar-refractivity contribution in [2.75, 3.05) is 13.2 Å². The van der Waals surface area contributed by atoms with Crippen LogP contribution in [0.2, 0.25) is 0 Å². The third kappa shape index (κ3) is 5.72. The summed E-state index contributed by atoms with van der Waals surface area (Å²) < 4.78 is 4.71. The number of amides is 1. The molecule has 5 nitrogen and oxygen atoms in total. The topological polar surface area (TPSA) is 75.6 Å². The Balaban J connectivity index is 3.70. The van der Waals surface area contributed by atoms with E-state index in [2.05, 4.69) is 6.58 Å². The minimum atomic E-state index is -1.19. The second-order valence-electron chi connectivity index (χ2n) is 2.40. The van der Waals surface area contributed by atoms with Crippen molar-refractivity contribution < 1.29 is 19.4 Å². The zero-order chi connectivity index (χ0) is 10.3. The molecule has 5 heteroatoms. The number of hydrogen-bond donors (Lipinski definition) is 2. The first-order chi connectivity index (χ1) is 6.07. The fraction of sp³-hybridized carbons (Fsp3) is 0.500. The molecule has 0 bridgehead atoms. The van der Waals surface area contributed by atoms with E-state index in [0.717, 1.165) is 6.42 Å². The molecule has 0 aromatic rings. The van der Waals surface area contributed by atoms with Gasteiger partial charge in [0.2, 0.25) is 0 Å². The van der Waals surface area contributed by atoms with Crippen molar-refractivity contribution in [2.45, 2.75) is 13.3 Å². The Bertz CT molecular complexity index is 212. The third-order valence-electron chi connectivity index (χ3n) is 1.18. The van der Waals surface area contributed by atoms with Crippen LogP contribution in [0.15, 0.2) is 12.2 Å². The number of carbonyl (C=O) groups is 2. The zero-order valence-electron chi connectivity index (χ0n) is 7.50. The maximum atomic E-state index is 11.0. The maximum absolute atomic E-state index is 11.0. The zero-order valence-corrected chi connectivity index (χ0v) is 7.50. The Kier molecular flexibility index (Phi) is 5.34. The molecule has 0 aromatic carbocycles. The summed E-state index contributed by atoms with van der Waals surface area (Å²) in [5, 5.41) is 10.2. The van der Waals surface area contributed by atoms with Crippen LogP contribution in [0.1, 0.15) is 13.3 Å². The van der Waals surface area contributed by atoms with Gasteiger partial charge in [0.1, 0.15) is 0 Å². The highest BCUT2D eigenvalue weighted by molar-refractivity contribution is 5.88. The summed E-state index contributed by atoms with van der Waals surface area (Å²) in [4.78, 5) is 21.0. The van der Waals surface area contributed by atoms with E-state index >= 15 is 0 Å². The van der Waals surface area contributed by atoms with E-state index < -0.39 is 12.1 Å². The minimum absolute atomic E-state index is 0.0993. The fourth-order valence-electron chi connectivity index (χ4n) is 0.551. The highest BCUT2D eigenvalue weighted by Crippen LogP contribution is 1.93. The molecule has 0 spiro atoms. The summed E-state index contributed by atoms with van der Waals surface area (Å²) >= 11 is 0. The van der Waals surface area contributed by atoms with E-state index in [1.165, 1.54) is 0 Å². The Morgan fingerprint density at radius 1 is 1.54 bits per heavy atom. The van der Waals surface area contributed by atoms with Gasteiger partial charge in [0.15, 0.2) is 0 Å². The van der Waals surface area contributed by atoms with Gasteiger partial charge in [-0.3, -0.25) is 0 Å². The summed E-state index contributed by atoms with van der Waals surface area (Å²) in [5.74, 6) is -0.560. The smallest absolute Gasteiger partial charge is 0.404 e. The molecule has 0 fully saturated rings. The highest BCUT2D eigenvalue weighted by Gasteiger charge is 2.08. The summed E-state index contributed by atoms with van der Waals surface area (Å²) in [7, 11) is 0. The molecule has 13 heavy (non-hydrogen) atoms. The lowest BCUT2D eigenvalue weighted by Crippen LogP contribution is -2.26. The summed E-state index contributed by atoms with van der Waals surface area (Å²) in [6.45, 7) is 5.47. The number of carboxylic acid groups (broad SMARTS) is 1. The Morgan fingerprint density at radius 2 is 2.15 bits per heavy atom. The predicted octanol–water partition coefficient (Wildman–Crippen LogP) is 0.763. The van der Waals surface area contributed by atoms with Gasteiger partial charge in [-0.15, -0.1) is 0 Å². The molecular weight excluding hydrogens is 174 g/mol. The van der Waals surface area contributed by atoms with Gasteiger partial charge in [0.25, 0.3) is 0 Å². The summed E-state index contributed by atoms with van der Waals surface area (Å²) in [6.07, 6.45) is -0.463. The number of esters is 1. The van der Waals surface area contributed by atoms with Crippen LogP contribution >= 0.6 is 0 Å². The van der Waals surface area contributed by atoms with Gasteiger partial charge in [0.05, 0.1) is 13.2 Å². The number of hydrogen-bond acceptors (Lipinski definition) is 3. The van der Waals surface area contributed by atoms with Crippen LogP contribution < -0.4 is 5.32 Å². The van der Waals surface area contributed by atoms with Crippen molar-refractivity contribution in [3.05, 3.63) is 12.2 Å². The van der Waals surface area contributed by atoms with Gasteiger partial charge in [-0.2, -0.15) is 0 Å². The van der Waals surface area contributed by atoms with Crippen molar-refractivity contribution in [1.82, 2.24) is 5.32 Å². The first-order valence-corrected chi connectivity index (χ1v) is 3.89. The van der Waals surface area contributed by atoms with Gasteiger partial charge in [0, 0.05) is 5.57 Å². The maximum Gasteiger partial charge on any atom is 0.404 e. The van der Waals surface area contributed by atoms with Crippen LogP contribution in [0.4, 0.5) is 4.79 Å². The molecule has 1 amide bonds. The van der Waals surface area contributed by atoms with Gasteiger partial charge >= 0.3 is 12.1 Å². The molecule has 0 rings (SSSR count). The van der Waals surface area contributed by atoms with Crippen LogP contribution in [-0.4, -0.2) is 30.3 Å². The van der Waals surface area contributed by atoms with Crippen LogP contribution in [0.25, 0.3) is 0 Å². The van der Waals surface area contributed by atoms with Crippen LogP contribution in [0, 0.1) is 0 Å². The second-order valence-corrected chi connectivity index (χ2v) is 2.40. The summed E-state index contributed by atoms with van der Waals surface area (Å²) in [6, 6.07) is 0. The van der Waals surface area contributed by atoms with E-state index in [-0.39, 0.29) is 12.1 Å². The second kappa shape index (κ2) is 6.05. The van der Waals surface area contributed by atoms with Gasteiger partial charge < -0.3 is 15.2 Å². The molecule has 2 N–H and O–H groups in total. The molecule has 74 valence electrons. The average molecular weight is 187 g/mol. The lowest BCUT2D eigenvalue weighted by molar-refractivity contribution is -0.139. The summed E-state index contributed by atoms with van der Waals surface area (Å²) in [5.41, 5.74) is 0.107. The third-order valence-corrected chi connectivity index (χ3v) is 1.18. The Morgan fingerprint density at radius 3 is 2.62 bits per heavy atom. The number of nitrogens with one attached hydrogen (secondary N) is 1. The van der Waals surface area contributed by atoms with Crippen LogP contribution in [0.5, 0.6) is 0 Å². The Labute approximate surface area is 76.4 Å². The standard InChI is InChI=1S/C8H13NO4/c1-3-4-13-7(10)6(2)5-9-8(11)12/h9H,2-5H2,1H3,(H,11,12). The van der Waals surface area contributed by atoms with Crippen LogP contribution in [0.3, 0.4) is 0 Å². The van der Waals surface area contributed by atoms with E-state index in [1.54, 1.807) is 0 Å². The van der Waals surface area contributed by atoms with Crippen molar-refractivity contribution in [2.24, 2.45) is 0 Å². The lowest BCUT2D eigenvalue weighted by atomic mass is 10.3. The SMILES string of the molecule is C=C(CNC(=O)O)C(=O)OCCC. The molecule has 0 aromatic heterocycles.